The largest absolute Gasteiger partial charge is 0.324 e. The molecule has 0 bridgehead atoms. The van der Waals surface area contributed by atoms with E-state index in [9.17, 15) is 0 Å². The molecule has 0 saturated heterocycles. The highest BCUT2D eigenvalue weighted by atomic mass is 14.7. The summed E-state index contributed by atoms with van der Waals surface area (Å²) in [6.07, 6.45) is 6.52. The quantitative estimate of drug-likeness (QED) is 0.830. The first-order valence-electron chi connectivity index (χ1n) is 7.01. The fourth-order valence-electron chi connectivity index (χ4n) is 2.94. The van der Waals surface area contributed by atoms with Crippen LogP contribution in [-0.4, -0.2) is 0 Å². The SMILES string of the molecule is CC(C)Cc1ccc(C(N)C2CCCC2)cc1. The first kappa shape index (κ1) is 12.6. The Balaban J connectivity index is 2.01. The third-order valence-corrected chi connectivity index (χ3v) is 3.92. The van der Waals surface area contributed by atoms with Crippen LogP contribution in [0.1, 0.15) is 56.7 Å². The second kappa shape index (κ2) is 5.68. The highest BCUT2D eigenvalue weighted by molar-refractivity contribution is 5.25. The molecule has 1 heteroatoms. The summed E-state index contributed by atoms with van der Waals surface area (Å²) in [4.78, 5) is 0. The zero-order valence-corrected chi connectivity index (χ0v) is 11.2. The van der Waals surface area contributed by atoms with Gasteiger partial charge in [0.15, 0.2) is 0 Å². The van der Waals surface area contributed by atoms with Crippen molar-refractivity contribution in [3.05, 3.63) is 35.4 Å². The lowest BCUT2D eigenvalue weighted by atomic mass is 9.91. The molecular formula is C16H25N. The lowest BCUT2D eigenvalue weighted by molar-refractivity contribution is 0.445. The van der Waals surface area contributed by atoms with Crippen molar-refractivity contribution >= 4 is 0 Å². The molecule has 1 nitrogen and oxygen atoms in total. The maximum absolute atomic E-state index is 6.35. The summed E-state index contributed by atoms with van der Waals surface area (Å²) in [5.74, 6) is 1.44. The lowest BCUT2D eigenvalue weighted by Crippen LogP contribution is -2.19. The molecule has 1 aromatic rings. The van der Waals surface area contributed by atoms with Gasteiger partial charge >= 0.3 is 0 Å². The van der Waals surface area contributed by atoms with E-state index in [2.05, 4.69) is 38.1 Å². The minimum Gasteiger partial charge on any atom is -0.324 e. The van der Waals surface area contributed by atoms with Gasteiger partial charge in [0.1, 0.15) is 0 Å². The first-order chi connectivity index (χ1) is 8.16. The smallest absolute Gasteiger partial charge is 0.0323 e. The van der Waals surface area contributed by atoms with Crippen LogP contribution in [0.5, 0.6) is 0 Å². The number of rotatable bonds is 4. The van der Waals surface area contributed by atoms with Crippen LogP contribution < -0.4 is 5.73 Å². The molecule has 1 atom stereocenters. The van der Waals surface area contributed by atoms with E-state index in [1.807, 2.05) is 0 Å². The van der Waals surface area contributed by atoms with E-state index in [-0.39, 0.29) is 6.04 Å². The summed E-state index contributed by atoms with van der Waals surface area (Å²) in [5, 5.41) is 0. The average Bonchev–Trinajstić information content (AvgIpc) is 2.82. The monoisotopic (exact) mass is 231 g/mol. The molecule has 0 amide bonds. The molecule has 1 fully saturated rings. The minimum absolute atomic E-state index is 0.255. The normalized spacial score (nSPS) is 18.8. The Bertz CT molecular complexity index is 333. The average molecular weight is 231 g/mol. The van der Waals surface area contributed by atoms with Crippen LogP contribution in [0.4, 0.5) is 0 Å². The molecule has 1 aliphatic carbocycles. The van der Waals surface area contributed by atoms with Crippen LogP contribution in [0, 0.1) is 11.8 Å². The van der Waals surface area contributed by atoms with E-state index in [0.29, 0.717) is 5.92 Å². The van der Waals surface area contributed by atoms with Crippen LogP contribution in [0.2, 0.25) is 0 Å². The van der Waals surface area contributed by atoms with Crippen molar-refractivity contribution in [2.75, 3.05) is 0 Å². The maximum Gasteiger partial charge on any atom is 0.0323 e. The molecule has 1 aliphatic rings. The van der Waals surface area contributed by atoms with Gasteiger partial charge in [0.25, 0.3) is 0 Å². The van der Waals surface area contributed by atoms with Crippen molar-refractivity contribution in [3.8, 4) is 0 Å². The molecule has 17 heavy (non-hydrogen) atoms. The number of benzene rings is 1. The Hall–Kier alpha value is -0.820. The highest BCUT2D eigenvalue weighted by Crippen LogP contribution is 2.34. The van der Waals surface area contributed by atoms with Crippen LogP contribution >= 0.6 is 0 Å². The molecule has 0 radical (unpaired) electrons. The van der Waals surface area contributed by atoms with Gasteiger partial charge in [-0.05, 0) is 42.2 Å². The Morgan fingerprint density at radius 3 is 2.24 bits per heavy atom. The van der Waals surface area contributed by atoms with Crippen molar-refractivity contribution in [3.63, 3.8) is 0 Å². The van der Waals surface area contributed by atoms with E-state index in [4.69, 9.17) is 5.73 Å². The molecule has 1 unspecified atom stereocenters. The second-order valence-corrected chi connectivity index (χ2v) is 5.91. The topological polar surface area (TPSA) is 26.0 Å². The van der Waals surface area contributed by atoms with Crippen molar-refractivity contribution in [2.45, 2.75) is 52.0 Å². The Morgan fingerprint density at radius 2 is 1.71 bits per heavy atom. The summed E-state index contributed by atoms with van der Waals surface area (Å²) < 4.78 is 0. The number of hydrogen-bond acceptors (Lipinski definition) is 1. The van der Waals surface area contributed by atoms with Gasteiger partial charge in [0, 0.05) is 6.04 Å². The lowest BCUT2D eigenvalue weighted by Gasteiger charge is -2.19. The highest BCUT2D eigenvalue weighted by Gasteiger charge is 2.22. The molecule has 94 valence electrons. The number of nitrogens with two attached hydrogens (primary N) is 1. The zero-order chi connectivity index (χ0) is 12.3. The first-order valence-corrected chi connectivity index (χ1v) is 7.01. The maximum atomic E-state index is 6.35. The van der Waals surface area contributed by atoms with Gasteiger partial charge in [0.2, 0.25) is 0 Å². The van der Waals surface area contributed by atoms with E-state index < -0.39 is 0 Å². The van der Waals surface area contributed by atoms with Gasteiger partial charge < -0.3 is 5.73 Å². The van der Waals surface area contributed by atoms with Gasteiger partial charge in [-0.15, -0.1) is 0 Å². The molecule has 1 aromatic carbocycles. The van der Waals surface area contributed by atoms with Crippen molar-refractivity contribution in [1.29, 1.82) is 0 Å². The molecule has 0 heterocycles. The van der Waals surface area contributed by atoms with E-state index >= 15 is 0 Å². The molecule has 0 aliphatic heterocycles. The number of hydrogen-bond donors (Lipinski definition) is 1. The van der Waals surface area contributed by atoms with Crippen LogP contribution in [0.25, 0.3) is 0 Å². The third-order valence-electron chi connectivity index (χ3n) is 3.92. The summed E-state index contributed by atoms with van der Waals surface area (Å²) >= 11 is 0. The third kappa shape index (κ3) is 3.32. The van der Waals surface area contributed by atoms with E-state index in [1.54, 1.807) is 0 Å². The summed E-state index contributed by atoms with van der Waals surface area (Å²) in [6, 6.07) is 9.24. The molecular weight excluding hydrogens is 206 g/mol. The molecule has 2 N–H and O–H groups in total. The molecule has 1 saturated carbocycles. The molecule has 0 aromatic heterocycles. The van der Waals surface area contributed by atoms with Gasteiger partial charge in [-0.25, -0.2) is 0 Å². The van der Waals surface area contributed by atoms with Crippen LogP contribution in [-0.2, 0) is 6.42 Å². The fraction of sp³-hybridized carbons (Fsp3) is 0.625. The van der Waals surface area contributed by atoms with Gasteiger partial charge in [-0.1, -0.05) is 51.0 Å². The minimum atomic E-state index is 0.255. The summed E-state index contributed by atoms with van der Waals surface area (Å²) in [7, 11) is 0. The summed E-state index contributed by atoms with van der Waals surface area (Å²) in [6.45, 7) is 4.52. The molecule has 0 spiro atoms. The summed E-state index contributed by atoms with van der Waals surface area (Å²) in [5.41, 5.74) is 9.11. The van der Waals surface area contributed by atoms with Gasteiger partial charge in [-0.3, -0.25) is 0 Å². The standard InChI is InChI=1S/C16H25N/c1-12(2)11-13-7-9-15(10-8-13)16(17)14-5-3-4-6-14/h7-10,12,14,16H,3-6,11,17H2,1-2H3. The Labute approximate surface area is 105 Å². The predicted molar refractivity (Wildman–Crippen MR) is 73.9 cm³/mol. The van der Waals surface area contributed by atoms with Gasteiger partial charge in [-0.2, -0.15) is 0 Å². The Kier molecular flexibility index (Phi) is 4.22. The van der Waals surface area contributed by atoms with Crippen LogP contribution in [0.15, 0.2) is 24.3 Å². The van der Waals surface area contributed by atoms with Crippen molar-refractivity contribution in [2.24, 2.45) is 17.6 Å². The van der Waals surface area contributed by atoms with E-state index in [1.165, 1.54) is 43.2 Å². The van der Waals surface area contributed by atoms with Gasteiger partial charge in [0.05, 0.1) is 0 Å². The molecule has 2 rings (SSSR count). The van der Waals surface area contributed by atoms with Crippen LogP contribution in [0.3, 0.4) is 0 Å². The zero-order valence-electron chi connectivity index (χ0n) is 11.2. The fourth-order valence-corrected chi connectivity index (χ4v) is 2.94. The second-order valence-electron chi connectivity index (χ2n) is 5.91. The van der Waals surface area contributed by atoms with Crippen molar-refractivity contribution < 1.29 is 0 Å². The van der Waals surface area contributed by atoms with Crippen molar-refractivity contribution in [1.82, 2.24) is 0 Å². The van der Waals surface area contributed by atoms with E-state index in [0.717, 1.165) is 5.92 Å². The Morgan fingerprint density at radius 1 is 1.12 bits per heavy atom. The predicted octanol–water partition coefficient (Wildman–Crippen LogP) is 4.08.